The summed E-state index contributed by atoms with van der Waals surface area (Å²) in [6.45, 7) is 2.71. The van der Waals surface area contributed by atoms with Crippen LogP contribution in [0.3, 0.4) is 0 Å². The van der Waals surface area contributed by atoms with Gasteiger partial charge in [-0.2, -0.15) is 7.05 Å². The second kappa shape index (κ2) is 3.49. The molecule has 11 heavy (non-hydrogen) atoms. The van der Waals surface area contributed by atoms with E-state index in [1.165, 1.54) is 6.07 Å². The first kappa shape index (κ1) is 8.21. The molecule has 1 nitrogen and oxygen atoms in total. The average molecular weight is 153 g/mol. The Morgan fingerprint density at radius 1 is 1.55 bits per heavy atom. The van der Waals surface area contributed by atoms with Crippen LogP contribution in [-0.4, -0.2) is 0 Å². The molecular formula is C9H12FN. The summed E-state index contributed by atoms with van der Waals surface area (Å²) in [4.78, 5) is 0. The molecule has 0 heterocycles. The van der Waals surface area contributed by atoms with Crippen LogP contribution in [0.15, 0.2) is 18.2 Å². The Morgan fingerprint density at radius 3 is 2.91 bits per heavy atom. The van der Waals surface area contributed by atoms with Crippen molar-refractivity contribution in [3.63, 3.8) is 0 Å². The lowest BCUT2D eigenvalue weighted by Crippen LogP contribution is -2.75. The Hall–Kier alpha value is -0.890. The van der Waals surface area contributed by atoms with Crippen LogP contribution in [-0.2, 0) is 6.54 Å². The van der Waals surface area contributed by atoms with Gasteiger partial charge in [0.05, 0.1) is 6.54 Å². The zero-order valence-corrected chi connectivity index (χ0v) is 6.60. The summed E-state index contributed by atoms with van der Waals surface area (Å²) in [6.07, 6.45) is 0. The Morgan fingerprint density at radius 2 is 2.27 bits per heavy atom. The highest BCUT2D eigenvalue weighted by Crippen LogP contribution is 2.08. The summed E-state index contributed by atoms with van der Waals surface area (Å²) in [7, 11) is 3.60. The number of quaternary nitrogens is 1. The van der Waals surface area contributed by atoms with Crippen molar-refractivity contribution in [3.05, 3.63) is 42.2 Å². The first-order chi connectivity index (χ1) is 5.24. The van der Waals surface area contributed by atoms with Gasteiger partial charge in [0.15, 0.2) is 0 Å². The van der Waals surface area contributed by atoms with E-state index in [0.29, 0.717) is 0 Å². The van der Waals surface area contributed by atoms with Crippen molar-refractivity contribution < 1.29 is 9.71 Å². The summed E-state index contributed by atoms with van der Waals surface area (Å²) in [5.41, 5.74) is 2.13. The molecule has 1 rings (SSSR count). The number of hydrogen-bond acceptors (Lipinski definition) is 0. The molecule has 0 radical (unpaired) electrons. The molecule has 60 valence electrons. The summed E-state index contributed by atoms with van der Waals surface area (Å²) < 4.78 is 12.6. The highest BCUT2D eigenvalue weighted by atomic mass is 19.1. The number of aryl methyl sites for hydroxylation is 1. The molecule has 2 N–H and O–H groups in total. The third-order valence-electron chi connectivity index (χ3n) is 1.68. The molecule has 0 saturated carbocycles. The molecule has 0 aliphatic carbocycles. The van der Waals surface area contributed by atoms with Gasteiger partial charge < -0.3 is 5.32 Å². The molecule has 1 aromatic carbocycles. The van der Waals surface area contributed by atoms with E-state index in [0.717, 1.165) is 17.7 Å². The molecule has 0 bridgehead atoms. The van der Waals surface area contributed by atoms with Crippen LogP contribution in [0, 0.1) is 19.8 Å². The zero-order chi connectivity index (χ0) is 8.27. The molecule has 0 spiro atoms. The second-order valence-electron chi connectivity index (χ2n) is 2.56. The van der Waals surface area contributed by atoms with Crippen LogP contribution in [0.25, 0.3) is 0 Å². The van der Waals surface area contributed by atoms with Gasteiger partial charge in [0.1, 0.15) is 5.82 Å². The lowest BCUT2D eigenvalue weighted by atomic mass is 10.1. The highest BCUT2D eigenvalue weighted by molar-refractivity contribution is 5.25. The van der Waals surface area contributed by atoms with Crippen LogP contribution in [0.1, 0.15) is 11.1 Å². The molecule has 0 unspecified atom stereocenters. The number of rotatable bonds is 2. The predicted octanol–water partition coefficient (Wildman–Crippen LogP) is 0.989. The van der Waals surface area contributed by atoms with Gasteiger partial charge in [-0.15, -0.1) is 0 Å². The Bertz CT molecular complexity index is 245. The molecular weight excluding hydrogens is 141 g/mol. The fourth-order valence-electron chi connectivity index (χ4n) is 1.02. The van der Waals surface area contributed by atoms with E-state index in [-0.39, 0.29) is 5.82 Å². The van der Waals surface area contributed by atoms with Crippen LogP contribution in [0.5, 0.6) is 0 Å². The fraction of sp³-hybridized carbons (Fsp3) is 0.222. The monoisotopic (exact) mass is 153 g/mol. The molecule has 0 fully saturated rings. The Kier molecular flexibility index (Phi) is 2.60. The van der Waals surface area contributed by atoms with Gasteiger partial charge in [0, 0.05) is 5.56 Å². The van der Waals surface area contributed by atoms with Gasteiger partial charge in [-0.05, 0) is 24.6 Å². The van der Waals surface area contributed by atoms with Gasteiger partial charge >= 0.3 is 0 Å². The van der Waals surface area contributed by atoms with Gasteiger partial charge in [-0.25, -0.2) is 4.39 Å². The maximum absolute atomic E-state index is 12.6. The minimum atomic E-state index is -0.174. The predicted molar refractivity (Wildman–Crippen MR) is 42.1 cm³/mol. The van der Waals surface area contributed by atoms with E-state index in [9.17, 15) is 4.39 Å². The normalized spacial score (nSPS) is 10.1. The molecule has 0 aromatic heterocycles. The van der Waals surface area contributed by atoms with Gasteiger partial charge in [0.25, 0.3) is 0 Å². The summed E-state index contributed by atoms with van der Waals surface area (Å²) in [5, 5.41) is 1.78. The maximum Gasteiger partial charge on any atom is 0.123 e. The van der Waals surface area contributed by atoms with E-state index < -0.39 is 0 Å². The van der Waals surface area contributed by atoms with E-state index in [4.69, 9.17) is 0 Å². The Labute approximate surface area is 66.2 Å². The smallest absolute Gasteiger partial charge is 0.123 e. The van der Waals surface area contributed by atoms with Crippen LogP contribution >= 0.6 is 0 Å². The average Bonchev–Trinajstić information content (AvgIpc) is 1.98. The maximum atomic E-state index is 12.6. The number of hydrogen-bond donors (Lipinski definition) is 1. The summed E-state index contributed by atoms with van der Waals surface area (Å²) in [6, 6.07) is 4.81. The first-order valence-electron chi connectivity index (χ1n) is 3.60. The summed E-state index contributed by atoms with van der Waals surface area (Å²) in [5.74, 6) is -0.174. The van der Waals surface area contributed by atoms with E-state index in [1.807, 2.05) is 6.92 Å². The van der Waals surface area contributed by atoms with Crippen molar-refractivity contribution in [2.75, 3.05) is 0 Å². The van der Waals surface area contributed by atoms with Gasteiger partial charge in [0.2, 0.25) is 0 Å². The lowest BCUT2D eigenvalue weighted by Gasteiger charge is -2.04. The second-order valence-corrected chi connectivity index (χ2v) is 2.56. The third kappa shape index (κ3) is 2.02. The minimum Gasteiger partial charge on any atom is -0.475 e. The van der Waals surface area contributed by atoms with E-state index >= 15 is 0 Å². The van der Waals surface area contributed by atoms with Crippen LogP contribution in [0.4, 0.5) is 4.39 Å². The molecule has 1 aromatic rings. The largest absolute Gasteiger partial charge is 0.475 e. The van der Waals surface area contributed by atoms with Crippen LogP contribution in [0.2, 0.25) is 0 Å². The molecule has 0 saturated heterocycles. The van der Waals surface area contributed by atoms with Crippen LogP contribution < -0.4 is 5.32 Å². The number of halogens is 1. The molecule has 0 aliphatic rings. The Balaban J connectivity index is 2.93. The third-order valence-corrected chi connectivity index (χ3v) is 1.68. The number of benzene rings is 1. The minimum absolute atomic E-state index is 0.174. The topological polar surface area (TPSA) is 16.6 Å². The molecule has 0 amide bonds. The lowest BCUT2D eigenvalue weighted by molar-refractivity contribution is -0.612. The van der Waals surface area contributed by atoms with Crippen molar-refractivity contribution in [2.24, 2.45) is 0 Å². The van der Waals surface area contributed by atoms with Crippen molar-refractivity contribution in [2.45, 2.75) is 13.5 Å². The van der Waals surface area contributed by atoms with Crippen molar-refractivity contribution in [1.82, 2.24) is 0 Å². The first-order valence-corrected chi connectivity index (χ1v) is 3.60. The quantitative estimate of drug-likeness (QED) is 0.610. The zero-order valence-electron chi connectivity index (χ0n) is 6.60. The van der Waals surface area contributed by atoms with Crippen molar-refractivity contribution >= 4 is 0 Å². The molecule has 0 aliphatic heterocycles. The van der Waals surface area contributed by atoms with Crippen molar-refractivity contribution in [1.29, 1.82) is 0 Å². The van der Waals surface area contributed by atoms with Gasteiger partial charge in [-0.1, -0.05) is 6.07 Å². The van der Waals surface area contributed by atoms with E-state index in [1.54, 1.807) is 17.4 Å². The summed E-state index contributed by atoms with van der Waals surface area (Å²) >= 11 is 0. The van der Waals surface area contributed by atoms with Crippen molar-refractivity contribution in [3.8, 4) is 0 Å². The molecule has 0 atom stereocenters. The molecule has 2 heteroatoms. The van der Waals surface area contributed by atoms with Gasteiger partial charge in [-0.3, -0.25) is 0 Å². The fourth-order valence-corrected chi connectivity index (χ4v) is 1.02. The standard InChI is InChI=1S/C9H12FN/c1-7-3-4-9(10)5-8(7)6-11-2/h3-5H,2,6,11H2,1H3. The van der Waals surface area contributed by atoms with E-state index in [2.05, 4.69) is 7.05 Å². The number of nitrogens with two attached hydrogens (primary N) is 1. The SMILES string of the molecule is [CH2-][NH2+]Cc1cc(F)ccc1C. The highest BCUT2D eigenvalue weighted by Gasteiger charge is 1.98.